The summed E-state index contributed by atoms with van der Waals surface area (Å²) >= 11 is 3.34. The molecular formula is C11H11BrN2O3. The van der Waals surface area contributed by atoms with E-state index in [0.717, 1.165) is 5.52 Å². The molecule has 0 aromatic carbocycles. The van der Waals surface area contributed by atoms with Crippen LogP contribution in [0.4, 0.5) is 0 Å². The number of carbonyl (C=O) groups excluding carboxylic acids is 1. The summed E-state index contributed by atoms with van der Waals surface area (Å²) < 4.78 is 7.12. The van der Waals surface area contributed by atoms with Crippen molar-refractivity contribution < 1.29 is 14.6 Å². The lowest BCUT2D eigenvalue weighted by Gasteiger charge is -2.02. The van der Waals surface area contributed by atoms with Crippen molar-refractivity contribution in [1.29, 1.82) is 0 Å². The number of aliphatic hydroxyl groups excluding tert-OH is 1. The number of methoxy groups -OCH3 is 1. The van der Waals surface area contributed by atoms with E-state index in [1.165, 1.54) is 7.11 Å². The third-order valence-corrected chi connectivity index (χ3v) is 3.01. The second-order valence-electron chi connectivity index (χ2n) is 3.46. The monoisotopic (exact) mass is 298 g/mol. The number of imidazole rings is 1. The van der Waals surface area contributed by atoms with Gasteiger partial charge in [-0.15, -0.1) is 0 Å². The number of hydrogen-bond donors (Lipinski definition) is 1. The molecule has 17 heavy (non-hydrogen) atoms. The van der Waals surface area contributed by atoms with Crippen LogP contribution in [0.3, 0.4) is 0 Å². The van der Waals surface area contributed by atoms with E-state index in [2.05, 4.69) is 25.7 Å². The van der Waals surface area contributed by atoms with Crippen molar-refractivity contribution in [2.75, 3.05) is 13.7 Å². The van der Waals surface area contributed by atoms with Gasteiger partial charge in [0.1, 0.15) is 10.4 Å². The zero-order valence-electron chi connectivity index (χ0n) is 9.18. The minimum atomic E-state index is -0.397. The Hall–Kier alpha value is -1.40. The van der Waals surface area contributed by atoms with Crippen molar-refractivity contribution in [2.45, 2.75) is 6.42 Å². The predicted octanol–water partition coefficient (Wildman–Crippen LogP) is 1.42. The molecule has 0 saturated heterocycles. The van der Waals surface area contributed by atoms with Gasteiger partial charge in [0.25, 0.3) is 0 Å². The molecule has 0 aliphatic carbocycles. The Kier molecular flexibility index (Phi) is 3.44. The number of aromatic nitrogens is 2. The van der Waals surface area contributed by atoms with Crippen LogP contribution >= 0.6 is 15.9 Å². The molecule has 0 bridgehead atoms. The smallest absolute Gasteiger partial charge is 0.339 e. The van der Waals surface area contributed by atoms with Crippen LogP contribution in [0.25, 0.3) is 5.52 Å². The van der Waals surface area contributed by atoms with Gasteiger partial charge in [0.15, 0.2) is 0 Å². The molecule has 0 spiro atoms. The number of aliphatic hydroxyl groups is 1. The number of nitrogens with zero attached hydrogens (tertiary/aromatic N) is 2. The van der Waals surface area contributed by atoms with E-state index in [9.17, 15) is 4.79 Å². The van der Waals surface area contributed by atoms with E-state index in [-0.39, 0.29) is 6.61 Å². The third-order valence-electron chi connectivity index (χ3n) is 2.42. The topological polar surface area (TPSA) is 63.8 Å². The Labute approximate surface area is 106 Å². The Balaban J connectivity index is 2.57. The number of rotatable bonds is 3. The summed E-state index contributed by atoms with van der Waals surface area (Å²) in [6.45, 7) is 0.00794. The van der Waals surface area contributed by atoms with Gasteiger partial charge in [-0.25, -0.2) is 9.78 Å². The van der Waals surface area contributed by atoms with Gasteiger partial charge in [0.2, 0.25) is 0 Å². The van der Waals surface area contributed by atoms with Gasteiger partial charge in [-0.3, -0.25) is 0 Å². The van der Waals surface area contributed by atoms with Gasteiger partial charge in [0, 0.05) is 12.6 Å². The first kappa shape index (κ1) is 12.1. The van der Waals surface area contributed by atoms with Crippen LogP contribution < -0.4 is 0 Å². The summed E-state index contributed by atoms with van der Waals surface area (Å²) in [7, 11) is 1.34. The SMILES string of the molecule is COC(=O)c1ccc2c(Br)nc(CCO)n2c1. The Morgan fingerprint density at radius 2 is 2.35 bits per heavy atom. The molecule has 2 heterocycles. The number of halogens is 1. The van der Waals surface area contributed by atoms with E-state index in [4.69, 9.17) is 5.11 Å². The molecule has 0 unspecified atom stereocenters. The maximum absolute atomic E-state index is 11.4. The Morgan fingerprint density at radius 1 is 1.59 bits per heavy atom. The molecule has 0 fully saturated rings. The molecule has 5 nitrogen and oxygen atoms in total. The molecule has 0 radical (unpaired) electrons. The largest absolute Gasteiger partial charge is 0.465 e. The zero-order valence-corrected chi connectivity index (χ0v) is 10.8. The zero-order chi connectivity index (χ0) is 12.4. The second-order valence-corrected chi connectivity index (χ2v) is 4.21. The quantitative estimate of drug-likeness (QED) is 0.871. The van der Waals surface area contributed by atoms with Crippen molar-refractivity contribution in [3.63, 3.8) is 0 Å². The summed E-state index contributed by atoms with van der Waals surface area (Å²) in [4.78, 5) is 15.7. The highest BCUT2D eigenvalue weighted by Crippen LogP contribution is 2.20. The van der Waals surface area contributed by atoms with Crippen LogP contribution in [0.15, 0.2) is 22.9 Å². The lowest BCUT2D eigenvalue weighted by molar-refractivity contribution is 0.0600. The molecule has 0 amide bonds. The number of esters is 1. The normalized spacial score (nSPS) is 10.8. The highest BCUT2D eigenvalue weighted by molar-refractivity contribution is 9.10. The first-order valence-corrected chi connectivity index (χ1v) is 5.82. The van der Waals surface area contributed by atoms with Crippen LogP contribution in [0.1, 0.15) is 16.2 Å². The molecule has 0 saturated carbocycles. The fraction of sp³-hybridized carbons (Fsp3) is 0.273. The van der Waals surface area contributed by atoms with E-state index >= 15 is 0 Å². The summed E-state index contributed by atoms with van der Waals surface area (Å²) in [6.07, 6.45) is 2.08. The van der Waals surface area contributed by atoms with Crippen LogP contribution in [-0.4, -0.2) is 34.2 Å². The van der Waals surface area contributed by atoms with E-state index in [1.807, 2.05) is 0 Å². The molecule has 2 aromatic heterocycles. The van der Waals surface area contributed by atoms with Crippen LogP contribution in [0.5, 0.6) is 0 Å². The second kappa shape index (κ2) is 4.85. The Morgan fingerprint density at radius 3 is 3.00 bits per heavy atom. The van der Waals surface area contributed by atoms with Crippen molar-refractivity contribution in [3.05, 3.63) is 34.3 Å². The van der Waals surface area contributed by atoms with Gasteiger partial charge in [0.05, 0.1) is 24.8 Å². The highest BCUT2D eigenvalue weighted by Gasteiger charge is 2.12. The molecule has 0 atom stereocenters. The van der Waals surface area contributed by atoms with Crippen molar-refractivity contribution in [1.82, 2.24) is 9.38 Å². The van der Waals surface area contributed by atoms with Gasteiger partial charge in [-0.2, -0.15) is 0 Å². The molecule has 90 valence electrons. The standard InChI is InChI=1S/C11H11BrN2O3/c1-17-11(16)7-2-3-8-10(12)13-9(4-5-15)14(8)6-7/h2-3,6,15H,4-5H2,1H3. The number of fused-ring (bicyclic) bond motifs is 1. The van der Waals surface area contributed by atoms with Gasteiger partial charge in [-0.1, -0.05) is 0 Å². The molecule has 2 aromatic rings. The maximum Gasteiger partial charge on any atom is 0.339 e. The molecule has 0 aliphatic rings. The average molecular weight is 299 g/mol. The van der Waals surface area contributed by atoms with Crippen LogP contribution in [-0.2, 0) is 11.2 Å². The van der Waals surface area contributed by atoms with E-state index < -0.39 is 5.97 Å². The number of pyridine rings is 1. The maximum atomic E-state index is 11.4. The highest BCUT2D eigenvalue weighted by atomic mass is 79.9. The lowest BCUT2D eigenvalue weighted by atomic mass is 10.2. The summed E-state index contributed by atoms with van der Waals surface area (Å²) in [5, 5.41) is 8.95. The van der Waals surface area contributed by atoms with Gasteiger partial charge < -0.3 is 14.2 Å². The summed E-state index contributed by atoms with van der Waals surface area (Å²) in [5.74, 6) is 0.298. The van der Waals surface area contributed by atoms with Crippen molar-refractivity contribution >= 4 is 27.4 Å². The number of hydrogen-bond acceptors (Lipinski definition) is 4. The van der Waals surface area contributed by atoms with Gasteiger partial charge >= 0.3 is 5.97 Å². The predicted molar refractivity (Wildman–Crippen MR) is 65.0 cm³/mol. The molecular weight excluding hydrogens is 288 g/mol. The minimum Gasteiger partial charge on any atom is -0.465 e. The van der Waals surface area contributed by atoms with Crippen molar-refractivity contribution in [2.24, 2.45) is 0 Å². The molecule has 1 N–H and O–H groups in total. The lowest BCUT2D eigenvalue weighted by Crippen LogP contribution is -2.04. The average Bonchev–Trinajstić information content (AvgIpc) is 2.65. The van der Waals surface area contributed by atoms with Crippen molar-refractivity contribution in [3.8, 4) is 0 Å². The fourth-order valence-electron chi connectivity index (χ4n) is 1.62. The van der Waals surface area contributed by atoms with E-state index in [1.54, 1.807) is 22.7 Å². The number of ether oxygens (including phenoxy) is 1. The van der Waals surface area contributed by atoms with Crippen LogP contribution in [0, 0.1) is 0 Å². The minimum absolute atomic E-state index is 0.00794. The Bertz CT molecular complexity index is 565. The van der Waals surface area contributed by atoms with Crippen LogP contribution in [0.2, 0.25) is 0 Å². The summed E-state index contributed by atoms with van der Waals surface area (Å²) in [6, 6.07) is 3.46. The number of carbonyl (C=O) groups is 1. The van der Waals surface area contributed by atoms with Gasteiger partial charge in [-0.05, 0) is 28.1 Å². The first-order chi connectivity index (χ1) is 8.17. The first-order valence-electron chi connectivity index (χ1n) is 5.03. The fourth-order valence-corrected chi connectivity index (χ4v) is 2.15. The third kappa shape index (κ3) is 2.18. The molecule has 0 aliphatic heterocycles. The molecule has 6 heteroatoms. The molecule has 2 rings (SSSR count). The summed E-state index contributed by atoms with van der Waals surface area (Å²) in [5.41, 5.74) is 1.30. The van der Waals surface area contributed by atoms with E-state index in [0.29, 0.717) is 22.4 Å².